The van der Waals surface area contributed by atoms with E-state index in [0.717, 1.165) is 0 Å². The topological polar surface area (TPSA) is 88.1 Å². The lowest BCUT2D eigenvalue weighted by Crippen LogP contribution is -2.13. The van der Waals surface area contributed by atoms with Crippen LogP contribution in [0.4, 0.5) is 0 Å². The maximum atomic E-state index is 12.6. The molecule has 0 radical (unpaired) electrons. The number of rotatable bonds is 5. The summed E-state index contributed by atoms with van der Waals surface area (Å²) in [6.45, 7) is 1.51. The van der Waals surface area contributed by atoms with E-state index in [1.165, 1.54) is 14.2 Å². The molecule has 1 aliphatic heterocycles. The van der Waals surface area contributed by atoms with Crippen LogP contribution in [-0.4, -0.2) is 38.5 Å². The van der Waals surface area contributed by atoms with E-state index in [1.807, 2.05) is 0 Å². The molecule has 28 heavy (non-hydrogen) atoms. The zero-order chi connectivity index (χ0) is 20.3. The number of esters is 2. The lowest BCUT2D eigenvalue weighted by atomic mass is 10.1. The Balaban J connectivity index is 1.83. The summed E-state index contributed by atoms with van der Waals surface area (Å²) in [5.41, 5.74) is 2.14. The predicted molar refractivity (Wildman–Crippen MR) is 99.4 cm³/mol. The van der Waals surface area contributed by atoms with Crippen LogP contribution in [0.15, 0.2) is 42.2 Å². The molecule has 2 aromatic carbocycles. The summed E-state index contributed by atoms with van der Waals surface area (Å²) in [4.78, 5) is 35.4. The first kappa shape index (κ1) is 19.2. The summed E-state index contributed by atoms with van der Waals surface area (Å²) in [5, 5.41) is 0. The molecule has 144 valence electrons. The number of allylic oxidation sites excluding steroid dienone is 1. The fourth-order valence-corrected chi connectivity index (χ4v) is 2.70. The molecule has 7 nitrogen and oxygen atoms in total. The van der Waals surface area contributed by atoms with E-state index in [-0.39, 0.29) is 18.1 Å². The molecule has 1 heterocycles. The second kappa shape index (κ2) is 7.96. The van der Waals surface area contributed by atoms with Gasteiger partial charge in [-0.15, -0.1) is 0 Å². The third-order valence-corrected chi connectivity index (χ3v) is 4.24. The molecule has 0 aromatic heterocycles. The average Bonchev–Trinajstić information content (AvgIpc) is 3.03. The number of ketones is 1. The fraction of sp³-hybridized carbons (Fsp3) is 0.190. The van der Waals surface area contributed by atoms with E-state index in [4.69, 9.17) is 9.47 Å². The van der Waals surface area contributed by atoms with E-state index in [1.54, 1.807) is 49.4 Å². The van der Waals surface area contributed by atoms with Gasteiger partial charge in [0.15, 0.2) is 12.4 Å². The highest BCUT2D eigenvalue weighted by molar-refractivity contribution is 6.15. The third-order valence-electron chi connectivity index (χ3n) is 4.24. The van der Waals surface area contributed by atoms with Crippen molar-refractivity contribution >= 4 is 23.8 Å². The van der Waals surface area contributed by atoms with Gasteiger partial charge in [-0.05, 0) is 42.8 Å². The van der Waals surface area contributed by atoms with Crippen LogP contribution in [-0.2, 0) is 14.3 Å². The fourth-order valence-electron chi connectivity index (χ4n) is 2.70. The Bertz CT molecular complexity index is 971. The van der Waals surface area contributed by atoms with E-state index in [2.05, 4.69) is 9.47 Å². The Morgan fingerprint density at radius 2 is 1.75 bits per heavy atom. The van der Waals surface area contributed by atoms with Crippen LogP contribution in [0.1, 0.15) is 31.8 Å². The zero-order valence-electron chi connectivity index (χ0n) is 15.6. The predicted octanol–water partition coefficient (Wildman–Crippen LogP) is 2.95. The minimum Gasteiger partial charge on any atom is -0.481 e. The molecule has 7 heteroatoms. The van der Waals surface area contributed by atoms with Crippen molar-refractivity contribution in [3.8, 4) is 11.5 Å². The number of ether oxygens (including phenoxy) is 4. The van der Waals surface area contributed by atoms with Gasteiger partial charge >= 0.3 is 11.9 Å². The molecular formula is C21H18O7. The monoisotopic (exact) mass is 382 g/mol. The quantitative estimate of drug-likeness (QED) is 0.580. The SMILES string of the molecule is COC(=O)COc1ccc2c(c1C)O/C(=C\c1ccc(C(=O)OC)cc1)C2=O. The van der Waals surface area contributed by atoms with Crippen LogP contribution in [0.3, 0.4) is 0 Å². The summed E-state index contributed by atoms with van der Waals surface area (Å²) < 4.78 is 20.4. The van der Waals surface area contributed by atoms with Crippen molar-refractivity contribution in [3.05, 3.63) is 64.4 Å². The van der Waals surface area contributed by atoms with E-state index < -0.39 is 11.9 Å². The van der Waals surface area contributed by atoms with Gasteiger partial charge in [0.05, 0.1) is 25.3 Å². The van der Waals surface area contributed by atoms with Crippen LogP contribution >= 0.6 is 0 Å². The highest BCUT2D eigenvalue weighted by Gasteiger charge is 2.30. The van der Waals surface area contributed by atoms with Crippen molar-refractivity contribution in [3.63, 3.8) is 0 Å². The Morgan fingerprint density at radius 1 is 1.04 bits per heavy atom. The second-order valence-corrected chi connectivity index (χ2v) is 5.98. The second-order valence-electron chi connectivity index (χ2n) is 5.98. The minimum atomic E-state index is -0.507. The van der Waals surface area contributed by atoms with Crippen molar-refractivity contribution in [1.82, 2.24) is 0 Å². The summed E-state index contributed by atoms with van der Waals surface area (Å²) in [6, 6.07) is 9.81. The van der Waals surface area contributed by atoms with Gasteiger partial charge in [0.2, 0.25) is 5.78 Å². The summed E-state index contributed by atoms with van der Waals surface area (Å²) >= 11 is 0. The largest absolute Gasteiger partial charge is 0.481 e. The van der Waals surface area contributed by atoms with Gasteiger partial charge in [0.25, 0.3) is 0 Å². The highest BCUT2D eigenvalue weighted by Crippen LogP contribution is 2.39. The maximum Gasteiger partial charge on any atom is 0.343 e. The molecule has 3 rings (SSSR count). The van der Waals surface area contributed by atoms with Crippen molar-refractivity contribution < 1.29 is 33.3 Å². The Kier molecular flexibility index (Phi) is 5.44. The van der Waals surface area contributed by atoms with Crippen LogP contribution in [0, 0.1) is 6.92 Å². The first-order valence-electron chi connectivity index (χ1n) is 8.40. The van der Waals surface area contributed by atoms with Gasteiger partial charge in [-0.3, -0.25) is 4.79 Å². The molecule has 1 aliphatic rings. The number of benzene rings is 2. The van der Waals surface area contributed by atoms with Gasteiger partial charge in [0, 0.05) is 5.56 Å². The van der Waals surface area contributed by atoms with Gasteiger partial charge in [-0.25, -0.2) is 9.59 Å². The molecule has 2 aromatic rings. The number of hydrogen-bond donors (Lipinski definition) is 0. The van der Waals surface area contributed by atoms with Crippen LogP contribution in [0.5, 0.6) is 11.5 Å². The van der Waals surface area contributed by atoms with E-state index in [0.29, 0.717) is 33.8 Å². The first-order chi connectivity index (χ1) is 13.4. The average molecular weight is 382 g/mol. The van der Waals surface area contributed by atoms with Crippen molar-refractivity contribution in [2.75, 3.05) is 20.8 Å². The molecule has 0 saturated heterocycles. The van der Waals surface area contributed by atoms with Crippen molar-refractivity contribution in [2.45, 2.75) is 6.92 Å². The smallest absolute Gasteiger partial charge is 0.343 e. The Morgan fingerprint density at radius 3 is 2.39 bits per heavy atom. The number of carbonyl (C=O) groups is 3. The Hall–Kier alpha value is -3.61. The third kappa shape index (κ3) is 3.73. The number of carbonyl (C=O) groups excluding carboxylic acids is 3. The summed E-state index contributed by atoms with van der Waals surface area (Å²) in [5.74, 6) is -0.211. The molecule has 0 N–H and O–H groups in total. The van der Waals surface area contributed by atoms with Crippen LogP contribution in [0.25, 0.3) is 6.08 Å². The van der Waals surface area contributed by atoms with Crippen LogP contribution < -0.4 is 9.47 Å². The molecule has 0 atom stereocenters. The van der Waals surface area contributed by atoms with Gasteiger partial charge in [0.1, 0.15) is 11.5 Å². The molecule has 0 bridgehead atoms. The lowest BCUT2D eigenvalue weighted by molar-refractivity contribution is -0.142. The standard InChI is InChI=1S/C21H18O7/c1-12-16(27-11-18(22)25-2)9-8-15-19(23)17(28-20(12)15)10-13-4-6-14(7-5-13)21(24)26-3/h4-10H,11H2,1-3H3/b17-10-. The molecular weight excluding hydrogens is 364 g/mol. The molecule has 0 aliphatic carbocycles. The molecule has 0 fully saturated rings. The van der Waals surface area contributed by atoms with Crippen molar-refractivity contribution in [2.24, 2.45) is 0 Å². The van der Waals surface area contributed by atoms with Crippen molar-refractivity contribution in [1.29, 1.82) is 0 Å². The number of fused-ring (bicyclic) bond motifs is 1. The summed E-state index contributed by atoms with van der Waals surface area (Å²) in [6.07, 6.45) is 1.60. The normalized spacial score (nSPS) is 13.7. The molecule has 0 spiro atoms. The maximum absolute atomic E-state index is 12.6. The number of hydrogen-bond acceptors (Lipinski definition) is 7. The van der Waals surface area contributed by atoms with E-state index >= 15 is 0 Å². The van der Waals surface area contributed by atoms with Gasteiger partial charge in [-0.1, -0.05) is 12.1 Å². The highest BCUT2D eigenvalue weighted by atomic mass is 16.6. The Labute approximate surface area is 161 Å². The number of methoxy groups -OCH3 is 2. The lowest BCUT2D eigenvalue weighted by Gasteiger charge is -2.10. The van der Waals surface area contributed by atoms with Gasteiger partial charge in [-0.2, -0.15) is 0 Å². The molecule has 0 unspecified atom stereocenters. The van der Waals surface area contributed by atoms with Crippen LogP contribution in [0.2, 0.25) is 0 Å². The summed E-state index contributed by atoms with van der Waals surface area (Å²) in [7, 11) is 2.59. The molecule has 0 saturated carbocycles. The van der Waals surface area contributed by atoms with Gasteiger partial charge < -0.3 is 18.9 Å². The minimum absolute atomic E-state index is 0.161. The zero-order valence-corrected chi connectivity index (χ0v) is 15.6. The van der Waals surface area contributed by atoms with E-state index in [9.17, 15) is 14.4 Å². The molecule has 0 amide bonds. The number of Topliss-reactive ketones (excluding diaryl/α,β-unsaturated/α-hetero) is 1. The first-order valence-corrected chi connectivity index (χ1v) is 8.40.